The molecule has 0 aromatic heterocycles. The second kappa shape index (κ2) is 6.26. The Hall–Kier alpha value is -1.56. The van der Waals surface area contributed by atoms with Gasteiger partial charge in [0.15, 0.2) is 0 Å². The van der Waals surface area contributed by atoms with Crippen molar-refractivity contribution in [2.45, 2.75) is 32.2 Å². The molecule has 0 spiro atoms. The monoisotopic (exact) mass is 340 g/mol. The van der Waals surface area contributed by atoms with Gasteiger partial charge < -0.3 is 15.7 Å². The van der Waals surface area contributed by atoms with E-state index in [2.05, 4.69) is 26.6 Å². The summed E-state index contributed by atoms with van der Waals surface area (Å²) in [6.07, 6.45) is 1.93. The SMILES string of the molecule is Cc1cc(NC(=O)NC(CC(=O)O)C2CC2)ccc1Br. The Morgan fingerprint density at radius 3 is 2.70 bits per heavy atom. The van der Waals surface area contributed by atoms with E-state index in [9.17, 15) is 9.59 Å². The van der Waals surface area contributed by atoms with Crippen molar-refractivity contribution >= 4 is 33.6 Å². The predicted molar refractivity (Wildman–Crippen MR) is 79.8 cm³/mol. The number of hydrogen-bond donors (Lipinski definition) is 3. The van der Waals surface area contributed by atoms with Gasteiger partial charge in [0.1, 0.15) is 0 Å². The number of nitrogens with one attached hydrogen (secondary N) is 2. The lowest BCUT2D eigenvalue weighted by atomic mass is 10.1. The summed E-state index contributed by atoms with van der Waals surface area (Å²) in [5.74, 6) is -0.592. The minimum atomic E-state index is -0.887. The molecule has 0 aliphatic heterocycles. The number of hydrogen-bond acceptors (Lipinski definition) is 2. The van der Waals surface area contributed by atoms with Crippen molar-refractivity contribution in [1.29, 1.82) is 0 Å². The van der Waals surface area contributed by atoms with Crippen LogP contribution in [0.1, 0.15) is 24.8 Å². The van der Waals surface area contributed by atoms with Crippen LogP contribution in [-0.4, -0.2) is 23.1 Å². The van der Waals surface area contributed by atoms with E-state index in [0.29, 0.717) is 11.6 Å². The van der Waals surface area contributed by atoms with Crippen molar-refractivity contribution in [3.8, 4) is 0 Å². The lowest BCUT2D eigenvalue weighted by molar-refractivity contribution is -0.137. The van der Waals surface area contributed by atoms with Crippen molar-refractivity contribution < 1.29 is 14.7 Å². The van der Waals surface area contributed by atoms with Gasteiger partial charge in [-0.15, -0.1) is 0 Å². The van der Waals surface area contributed by atoms with E-state index in [4.69, 9.17) is 5.11 Å². The predicted octanol–water partition coefficient (Wildman–Crippen LogP) is 3.13. The van der Waals surface area contributed by atoms with E-state index in [1.54, 1.807) is 6.07 Å². The maximum absolute atomic E-state index is 11.9. The minimum absolute atomic E-state index is 0.0303. The lowest BCUT2D eigenvalue weighted by Crippen LogP contribution is -2.40. The van der Waals surface area contributed by atoms with Crippen LogP contribution in [0.3, 0.4) is 0 Å². The molecule has 1 saturated carbocycles. The van der Waals surface area contributed by atoms with Gasteiger partial charge in [-0.25, -0.2) is 4.79 Å². The molecule has 0 saturated heterocycles. The van der Waals surface area contributed by atoms with Gasteiger partial charge in [-0.2, -0.15) is 0 Å². The molecule has 108 valence electrons. The fraction of sp³-hybridized carbons (Fsp3) is 0.429. The highest BCUT2D eigenvalue weighted by atomic mass is 79.9. The molecule has 6 heteroatoms. The normalized spacial score (nSPS) is 15.5. The van der Waals surface area contributed by atoms with Crippen molar-refractivity contribution in [1.82, 2.24) is 5.32 Å². The van der Waals surface area contributed by atoms with Gasteiger partial charge in [0, 0.05) is 16.2 Å². The topological polar surface area (TPSA) is 78.4 Å². The quantitative estimate of drug-likeness (QED) is 0.770. The standard InChI is InChI=1S/C14H17BrN2O3/c1-8-6-10(4-5-11(8)15)16-14(20)17-12(7-13(18)19)9-2-3-9/h4-6,9,12H,2-3,7H2,1H3,(H,18,19)(H2,16,17,20). The van der Waals surface area contributed by atoms with Crippen LogP contribution in [0.5, 0.6) is 0 Å². The fourth-order valence-electron chi connectivity index (χ4n) is 2.08. The Kier molecular flexibility index (Phi) is 4.65. The van der Waals surface area contributed by atoms with Crippen LogP contribution in [0.2, 0.25) is 0 Å². The number of aliphatic carboxylic acids is 1. The Morgan fingerprint density at radius 2 is 2.15 bits per heavy atom. The Bertz CT molecular complexity index is 529. The summed E-state index contributed by atoms with van der Waals surface area (Å²) in [6.45, 7) is 1.94. The molecule has 1 atom stereocenters. The summed E-state index contributed by atoms with van der Waals surface area (Å²) in [6, 6.07) is 4.86. The first kappa shape index (κ1) is 14.8. The maximum Gasteiger partial charge on any atom is 0.319 e. The number of benzene rings is 1. The number of carbonyl (C=O) groups excluding carboxylic acids is 1. The van der Waals surface area contributed by atoms with E-state index < -0.39 is 5.97 Å². The highest BCUT2D eigenvalue weighted by Crippen LogP contribution is 2.34. The lowest BCUT2D eigenvalue weighted by Gasteiger charge is -2.17. The average Bonchev–Trinajstić information content (AvgIpc) is 3.16. The molecule has 1 aromatic carbocycles. The summed E-state index contributed by atoms with van der Waals surface area (Å²) >= 11 is 3.40. The number of anilines is 1. The summed E-state index contributed by atoms with van der Waals surface area (Å²) in [7, 11) is 0. The van der Waals surface area contributed by atoms with Crippen LogP contribution in [0, 0.1) is 12.8 Å². The molecule has 2 amide bonds. The van der Waals surface area contributed by atoms with E-state index >= 15 is 0 Å². The van der Waals surface area contributed by atoms with Crippen molar-refractivity contribution in [2.75, 3.05) is 5.32 Å². The molecule has 1 aliphatic rings. The summed E-state index contributed by atoms with van der Waals surface area (Å²) in [5.41, 5.74) is 1.71. The average molecular weight is 341 g/mol. The molecule has 1 aliphatic carbocycles. The first-order valence-corrected chi connectivity index (χ1v) is 7.30. The molecule has 1 fully saturated rings. The minimum Gasteiger partial charge on any atom is -0.481 e. The number of carboxylic acids is 1. The maximum atomic E-state index is 11.9. The molecule has 1 aromatic rings. The number of amides is 2. The third-order valence-corrected chi connectivity index (χ3v) is 4.21. The molecule has 0 bridgehead atoms. The largest absolute Gasteiger partial charge is 0.481 e. The summed E-state index contributed by atoms with van der Waals surface area (Å²) in [5, 5.41) is 14.3. The van der Waals surface area contributed by atoms with Crippen molar-refractivity contribution in [3.63, 3.8) is 0 Å². The van der Waals surface area contributed by atoms with Crippen LogP contribution in [0.25, 0.3) is 0 Å². The molecule has 3 N–H and O–H groups in total. The summed E-state index contributed by atoms with van der Waals surface area (Å²) in [4.78, 5) is 22.7. The molecular weight excluding hydrogens is 324 g/mol. The van der Waals surface area contributed by atoms with Crippen molar-refractivity contribution in [2.24, 2.45) is 5.92 Å². The van der Waals surface area contributed by atoms with Gasteiger partial charge in [0.05, 0.1) is 6.42 Å². The van der Waals surface area contributed by atoms with Crippen molar-refractivity contribution in [3.05, 3.63) is 28.2 Å². The number of carbonyl (C=O) groups is 2. The number of carboxylic acid groups (broad SMARTS) is 1. The van der Waals surface area contributed by atoms with Gasteiger partial charge in [-0.3, -0.25) is 4.79 Å². The molecule has 0 heterocycles. The Balaban J connectivity index is 1.93. The summed E-state index contributed by atoms with van der Waals surface area (Å²) < 4.78 is 0.977. The Morgan fingerprint density at radius 1 is 1.45 bits per heavy atom. The van der Waals surface area contributed by atoms with Gasteiger partial charge in [0.25, 0.3) is 0 Å². The second-order valence-electron chi connectivity index (χ2n) is 5.10. The number of rotatable bonds is 5. The molecule has 5 nitrogen and oxygen atoms in total. The fourth-order valence-corrected chi connectivity index (χ4v) is 2.33. The van der Waals surface area contributed by atoms with Gasteiger partial charge in [-0.1, -0.05) is 15.9 Å². The molecular formula is C14H17BrN2O3. The first-order chi connectivity index (χ1) is 9.45. The van der Waals surface area contributed by atoms with E-state index in [1.807, 2.05) is 19.1 Å². The molecule has 1 unspecified atom stereocenters. The zero-order valence-corrected chi connectivity index (χ0v) is 12.7. The molecule has 2 rings (SSSR count). The van der Waals surface area contributed by atoms with E-state index in [1.165, 1.54) is 0 Å². The van der Waals surface area contributed by atoms with Gasteiger partial charge >= 0.3 is 12.0 Å². The van der Waals surface area contributed by atoms with Crippen LogP contribution >= 0.6 is 15.9 Å². The number of urea groups is 1. The van der Waals surface area contributed by atoms with E-state index in [-0.39, 0.29) is 18.5 Å². The third-order valence-electron chi connectivity index (χ3n) is 3.32. The smallest absolute Gasteiger partial charge is 0.319 e. The van der Waals surface area contributed by atoms with E-state index in [0.717, 1.165) is 22.9 Å². The van der Waals surface area contributed by atoms with Crippen LogP contribution in [-0.2, 0) is 4.79 Å². The second-order valence-corrected chi connectivity index (χ2v) is 5.96. The van der Waals surface area contributed by atoms with Crippen LogP contribution < -0.4 is 10.6 Å². The highest BCUT2D eigenvalue weighted by Gasteiger charge is 2.33. The van der Waals surface area contributed by atoms with Gasteiger partial charge in [-0.05, 0) is 49.4 Å². The Labute approximate surface area is 125 Å². The molecule has 20 heavy (non-hydrogen) atoms. The molecule has 0 radical (unpaired) electrons. The zero-order chi connectivity index (χ0) is 14.7. The van der Waals surface area contributed by atoms with Crippen LogP contribution in [0.4, 0.5) is 10.5 Å². The number of halogens is 1. The van der Waals surface area contributed by atoms with Crippen LogP contribution in [0.15, 0.2) is 22.7 Å². The zero-order valence-electron chi connectivity index (χ0n) is 11.1. The van der Waals surface area contributed by atoms with Gasteiger partial charge in [0.2, 0.25) is 0 Å². The highest BCUT2D eigenvalue weighted by molar-refractivity contribution is 9.10. The number of aryl methyl sites for hydroxylation is 1. The third kappa shape index (κ3) is 4.23. The first-order valence-electron chi connectivity index (χ1n) is 6.51.